The maximum atomic E-state index is 11.1. The third-order valence-electron chi connectivity index (χ3n) is 5.30. The van der Waals surface area contributed by atoms with Crippen LogP contribution in [0.1, 0.15) is 71.1 Å². The van der Waals surface area contributed by atoms with E-state index >= 15 is 0 Å². The molecule has 1 aliphatic heterocycles. The van der Waals surface area contributed by atoms with Crippen LogP contribution in [-0.4, -0.2) is 82.7 Å². The van der Waals surface area contributed by atoms with E-state index in [9.17, 15) is 24.9 Å². The molecule has 176 valence electrons. The maximum absolute atomic E-state index is 11.1. The molecule has 0 saturated carbocycles. The van der Waals surface area contributed by atoms with E-state index in [1.54, 1.807) is 6.92 Å². The van der Waals surface area contributed by atoms with Crippen molar-refractivity contribution in [3.63, 3.8) is 0 Å². The van der Waals surface area contributed by atoms with Crippen LogP contribution in [0.15, 0.2) is 0 Å². The van der Waals surface area contributed by atoms with E-state index < -0.39 is 36.7 Å². The van der Waals surface area contributed by atoms with Crippen LogP contribution < -0.4 is 0 Å². The number of hydrogen-bond acceptors (Lipinski definition) is 8. The molecule has 1 saturated heterocycles. The number of carbonyl (C=O) groups excluding carboxylic acids is 1. The molecule has 0 aliphatic carbocycles. The summed E-state index contributed by atoms with van der Waals surface area (Å²) in [5, 5.41) is 39.2. The van der Waals surface area contributed by atoms with Crippen molar-refractivity contribution >= 4 is 11.8 Å². The van der Waals surface area contributed by atoms with Gasteiger partial charge in [0.15, 0.2) is 6.29 Å². The predicted molar refractivity (Wildman–Crippen MR) is 108 cm³/mol. The SMILES string of the molecule is COCC1OC(OC(CCCCCC(C)=O)CCCCCC(=O)O)C(O)C(O)C1O. The van der Waals surface area contributed by atoms with Crippen molar-refractivity contribution in [3.8, 4) is 0 Å². The van der Waals surface area contributed by atoms with E-state index in [-0.39, 0.29) is 24.9 Å². The lowest BCUT2D eigenvalue weighted by atomic mass is 9.98. The van der Waals surface area contributed by atoms with E-state index in [1.807, 2.05) is 0 Å². The number of aliphatic hydroxyl groups is 3. The molecule has 1 rings (SSSR count). The number of hydrogen-bond donors (Lipinski definition) is 4. The first kappa shape index (κ1) is 26.9. The Morgan fingerprint density at radius 3 is 2.03 bits per heavy atom. The monoisotopic (exact) mass is 434 g/mol. The smallest absolute Gasteiger partial charge is 0.303 e. The van der Waals surface area contributed by atoms with Crippen LogP contribution in [0.3, 0.4) is 0 Å². The minimum Gasteiger partial charge on any atom is -0.481 e. The number of rotatable bonds is 16. The van der Waals surface area contributed by atoms with Crippen LogP contribution >= 0.6 is 0 Å². The van der Waals surface area contributed by atoms with Gasteiger partial charge in [0.2, 0.25) is 0 Å². The maximum Gasteiger partial charge on any atom is 0.303 e. The van der Waals surface area contributed by atoms with E-state index in [2.05, 4.69) is 0 Å². The number of carboxylic acid groups (broad SMARTS) is 1. The van der Waals surface area contributed by atoms with Gasteiger partial charge in [0, 0.05) is 20.0 Å². The Kier molecular flexibility index (Phi) is 13.3. The summed E-state index contributed by atoms with van der Waals surface area (Å²) < 4.78 is 16.6. The van der Waals surface area contributed by atoms with Crippen molar-refractivity contribution in [1.29, 1.82) is 0 Å². The molecule has 9 heteroatoms. The van der Waals surface area contributed by atoms with Crippen LogP contribution in [0, 0.1) is 0 Å². The van der Waals surface area contributed by atoms with Crippen LogP contribution in [0.5, 0.6) is 0 Å². The lowest BCUT2D eigenvalue weighted by Gasteiger charge is -2.41. The standard InChI is InChI=1S/C21H38O9/c1-14(22)9-5-3-6-10-15(11-7-4-8-12-17(23)24)29-21-20(27)19(26)18(25)16(30-21)13-28-2/h15-16,18-21,25-27H,3-13H2,1-2H3,(H,23,24). The van der Waals surface area contributed by atoms with E-state index in [1.165, 1.54) is 7.11 Å². The molecular weight excluding hydrogens is 396 g/mol. The van der Waals surface area contributed by atoms with Gasteiger partial charge in [0.05, 0.1) is 12.7 Å². The number of Topliss-reactive ketones (excluding diaryl/α,β-unsaturated/α-hetero) is 1. The molecule has 6 unspecified atom stereocenters. The van der Waals surface area contributed by atoms with Gasteiger partial charge in [-0.15, -0.1) is 0 Å². The zero-order valence-electron chi connectivity index (χ0n) is 18.1. The van der Waals surface area contributed by atoms with Crippen LogP contribution in [0.4, 0.5) is 0 Å². The molecule has 4 N–H and O–H groups in total. The van der Waals surface area contributed by atoms with E-state index in [0.29, 0.717) is 25.7 Å². The van der Waals surface area contributed by atoms with Gasteiger partial charge in [-0.1, -0.05) is 25.7 Å². The first-order valence-electron chi connectivity index (χ1n) is 10.8. The highest BCUT2D eigenvalue weighted by atomic mass is 16.7. The largest absolute Gasteiger partial charge is 0.481 e. The minimum absolute atomic E-state index is 0.0513. The summed E-state index contributed by atoms with van der Waals surface area (Å²) >= 11 is 0. The Morgan fingerprint density at radius 1 is 0.900 bits per heavy atom. The lowest BCUT2D eigenvalue weighted by molar-refractivity contribution is -0.313. The van der Waals surface area contributed by atoms with Crippen molar-refractivity contribution in [2.45, 2.75) is 108 Å². The third kappa shape index (κ3) is 10.3. The Balaban J connectivity index is 2.59. The summed E-state index contributed by atoms with van der Waals surface area (Å²) in [6.45, 7) is 1.62. The number of ketones is 1. The van der Waals surface area contributed by atoms with Crippen molar-refractivity contribution in [1.82, 2.24) is 0 Å². The molecule has 0 aromatic carbocycles. The molecule has 0 bridgehead atoms. The quantitative estimate of drug-likeness (QED) is 0.265. The van der Waals surface area contributed by atoms with Gasteiger partial charge in [-0.25, -0.2) is 0 Å². The molecule has 0 aromatic heterocycles. The fourth-order valence-electron chi connectivity index (χ4n) is 3.55. The predicted octanol–water partition coefficient (Wildman–Crippen LogP) is 1.40. The second kappa shape index (κ2) is 14.8. The highest BCUT2D eigenvalue weighted by Gasteiger charge is 2.44. The molecule has 0 amide bonds. The summed E-state index contributed by atoms with van der Waals surface area (Å²) in [6, 6.07) is 0. The summed E-state index contributed by atoms with van der Waals surface area (Å²) in [5.41, 5.74) is 0. The van der Waals surface area contributed by atoms with Crippen LogP contribution in [0.2, 0.25) is 0 Å². The van der Waals surface area contributed by atoms with Gasteiger partial charge in [-0.3, -0.25) is 4.79 Å². The van der Waals surface area contributed by atoms with E-state index in [0.717, 1.165) is 32.1 Å². The number of aliphatic carboxylic acids is 1. The zero-order chi connectivity index (χ0) is 22.5. The summed E-state index contributed by atoms with van der Waals surface area (Å²) in [7, 11) is 1.45. The second-order valence-electron chi connectivity index (χ2n) is 8.02. The number of carboxylic acids is 1. The fourth-order valence-corrected chi connectivity index (χ4v) is 3.55. The zero-order valence-corrected chi connectivity index (χ0v) is 18.1. The Morgan fingerprint density at radius 2 is 1.50 bits per heavy atom. The summed E-state index contributed by atoms with van der Waals surface area (Å²) in [6.07, 6.45) is 0.418. The van der Waals surface area contributed by atoms with Gasteiger partial charge in [0.1, 0.15) is 30.2 Å². The third-order valence-corrected chi connectivity index (χ3v) is 5.30. The molecule has 1 fully saturated rings. The molecule has 0 radical (unpaired) electrons. The van der Waals surface area contributed by atoms with Crippen molar-refractivity contribution in [2.75, 3.05) is 13.7 Å². The van der Waals surface area contributed by atoms with Crippen molar-refractivity contribution < 1.29 is 44.2 Å². The van der Waals surface area contributed by atoms with Gasteiger partial charge < -0.3 is 39.4 Å². The molecule has 1 heterocycles. The molecule has 1 aliphatic rings. The lowest BCUT2D eigenvalue weighted by Crippen LogP contribution is -2.59. The summed E-state index contributed by atoms with van der Waals surface area (Å²) in [5.74, 6) is -0.652. The minimum atomic E-state index is -1.41. The molecule has 30 heavy (non-hydrogen) atoms. The summed E-state index contributed by atoms with van der Waals surface area (Å²) in [4.78, 5) is 21.7. The number of methoxy groups -OCH3 is 1. The highest BCUT2D eigenvalue weighted by Crippen LogP contribution is 2.26. The topological polar surface area (TPSA) is 143 Å². The number of unbranched alkanes of at least 4 members (excludes halogenated alkanes) is 4. The Bertz CT molecular complexity index is 475. The number of ether oxygens (including phenoxy) is 3. The molecular formula is C21H38O9. The Labute approximate surface area is 178 Å². The number of carbonyl (C=O) groups is 2. The van der Waals surface area contributed by atoms with Crippen LogP contribution in [0.25, 0.3) is 0 Å². The van der Waals surface area contributed by atoms with Gasteiger partial charge >= 0.3 is 5.97 Å². The van der Waals surface area contributed by atoms with Gasteiger partial charge in [-0.05, 0) is 32.6 Å². The number of aliphatic hydroxyl groups excluding tert-OH is 3. The van der Waals surface area contributed by atoms with E-state index in [4.69, 9.17) is 19.3 Å². The second-order valence-corrected chi connectivity index (χ2v) is 8.02. The van der Waals surface area contributed by atoms with Gasteiger partial charge in [-0.2, -0.15) is 0 Å². The molecule has 0 aromatic rings. The first-order chi connectivity index (χ1) is 14.3. The average Bonchev–Trinajstić information content (AvgIpc) is 2.68. The molecule has 6 atom stereocenters. The highest BCUT2D eigenvalue weighted by molar-refractivity contribution is 5.75. The fraction of sp³-hybridized carbons (Fsp3) is 0.905. The van der Waals surface area contributed by atoms with Crippen LogP contribution in [-0.2, 0) is 23.8 Å². The molecule has 9 nitrogen and oxygen atoms in total. The van der Waals surface area contributed by atoms with Crippen molar-refractivity contribution in [3.05, 3.63) is 0 Å². The van der Waals surface area contributed by atoms with Gasteiger partial charge in [0.25, 0.3) is 0 Å². The first-order valence-corrected chi connectivity index (χ1v) is 10.8. The average molecular weight is 435 g/mol. The molecule has 0 spiro atoms. The van der Waals surface area contributed by atoms with Crippen molar-refractivity contribution in [2.24, 2.45) is 0 Å². The Hall–Kier alpha value is -1.10. The normalized spacial score (nSPS) is 27.7.